The van der Waals surface area contributed by atoms with Crippen LogP contribution in [0, 0.1) is 0 Å². The first-order valence-electron chi connectivity index (χ1n) is 7.35. The van der Waals surface area contributed by atoms with Gasteiger partial charge >= 0.3 is 0 Å². The molecule has 0 atom stereocenters. The molecule has 0 saturated carbocycles. The molecule has 114 valence electrons. The Morgan fingerprint density at radius 3 is 2.50 bits per heavy atom. The molecular formula is C16H27BrN2O. The predicted octanol–water partition coefficient (Wildman–Crippen LogP) is 3.54. The number of hydrogen-bond acceptors (Lipinski definition) is 3. The van der Waals surface area contributed by atoms with E-state index in [0.717, 1.165) is 24.0 Å². The second-order valence-corrected chi connectivity index (χ2v) is 6.59. The molecule has 1 rings (SSSR count). The molecule has 1 aromatic carbocycles. The molecule has 0 bridgehead atoms. The van der Waals surface area contributed by atoms with E-state index < -0.39 is 0 Å². The van der Waals surface area contributed by atoms with Crippen molar-refractivity contribution in [2.24, 2.45) is 0 Å². The van der Waals surface area contributed by atoms with Crippen LogP contribution in [0.1, 0.15) is 39.7 Å². The van der Waals surface area contributed by atoms with Gasteiger partial charge in [-0.2, -0.15) is 0 Å². The molecule has 0 heterocycles. The smallest absolute Gasteiger partial charge is 0.0447 e. The summed E-state index contributed by atoms with van der Waals surface area (Å²) in [5.74, 6) is 0. The van der Waals surface area contributed by atoms with Crippen LogP contribution >= 0.6 is 15.9 Å². The largest absolute Gasteiger partial charge is 0.396 e. The molecule has 0 aliphatic carbocycles. The third kappa shape index (κ3) is 5.43. The van der Waals surface area contributed by atoms with Crippen molar-refractivity contribution in [3.8, 4) is 0 Å². The maximum atomic E-state index is 9.09. The molecule has 3 nitrogen and oxygen atoms in total. The lowest BCUT2D eigenvalue weighted by atomic mass is 10.1. The molecule has 2 N–H and O–H groups in total. The second kappa shape index (κ2) is 8.65. The summed E-state index contributed by atoms with van der Waals surface area (Å²) in [6, 6.07) is 7.31. The molecule has 0 amide bonds. The van der Waals surface area contributed by atoms with Gasteiger partial charge in [-0.3, -0.25) is 0 Å². The van der Waals surface area contributed by atoms with Crippen molar-refractivity contribution in [3.63, 3.8) is 0 Å². The number of halogens is 1. The molecule has 0 saturated heterocycles. The first-order valence-corrected chi connectivity index (χ1v) is 8.14. The van der Waals surface area contributed by atoms with Crippen molar-refractivity contribution < 1.29 is 5.11 Å². The summed E-state index contributed by atoms with van der Waals surface area (Å²) in [6.45, 7) is 10.7. The third-order valence-corrected chi connectivity index (χ3v) is 3.73. The van der Waals surface area contributed by atoms with E-state index in [1.807, 2.05) is 0 Å². The van der Waals surface area contributed by atoms with Gasteiger partial charge in [0, 0.05) is 41.9 Å². The van der Waals surface area contributed by atoms with Gasteiger partial charge in [0.1, 0.15) is 0 Å². The zero-order valence-corrected chi connectivity index (χ0v) is 14.6. The van der Waals surface area contributed by atoms with Gasteiger partial charge in [0.15, 0.2) is 0 Å². The van der Waals surface area contributed by atoms with Gasteiger partial charge in [0.25, 0.3) is 0 Å². The molecule has 0 aromatic heterocycles. The Morgan fingerprint density at radius 2 is 1.95 bits per heavy atom. The van der Waals surface area contributed by atoms with Crippen LogP contribution in [-0.4, -0.2) is 30.3 Å². The highest BCUT2D eigenvalue weighted by atomic mass is 79.9. The first kappa shape index (κ1) is 17.5. The molecule has 0 radical (unpaired) electrons. The van der Waals surface area contributed by atoms with Crippen LogP contribution in [-0.2, 0) is 6.54 Å². The highest BCUT2D eigenvalue weighted by Gasteiger charge is 2.14. The maximum Gasteiger partial charge on any atom is 0.0447 e. The lowest BCUT2D eigenvalue weighted by Gasteiger charge is -2.31. The van der Waals surface area contributed by atoms with Gasteiger partial charge in [0.2, 0.25) is 0 Å². The normalized spacial score (nSPS) is 11.4. The zero-order chi connectivity index (χ0) is 15.1. The fraction of sp³-hybridized carbons (Fsp3) is 0.625. The van der Waals surface area contributed by atoms with Crippen molar-refractivity contribution in [1.82, 2.24) is 5.32 Å². The lowest BCUT2D eigenvalue weighted by Crippen LogP contribution is -2.34. The summed E-state index contributed by atoms with van der Waals surface area (Å²) in [5, 5.41) is 12.6. The van der Waals surface area contributed by atoms with Crippen LogP contribution in [0.15, 0.2) is 22.7 Å². The Kier molecular flexibility index (Phi) is 7.56. The summed E-state index contributed by atoms with van der Waals surface area (Å²) in [7, 11) is 0. The first-order chi connectivity index (χ1) is 9.45. The molecule has 20 heavy (non-hydrogen) atoms. The third-order valence-electron chi connectivity index (χ3n) is 3.23. The van der Waals surface area contributed by atoms with Crippen LogP contribution in [0.5, 0.6) is 0 Å². The number of hydrogen-bond donors (Lipinski definition) is 2. The van der Waals surface area contributed by atoms with E-state index in [-0.39, 0.29) is 6.61 Å². The highest BCUT2D eigenvalue weighted by Crippen LogP contribution is 2.26. The second-order valence-electron chi connectivity index (χ2n) is 5.67. The average Bonchev–Trinajstić information content (AvgIpc) is 2.38. The van der Waals surface area contributed by atoms with Gasteiger partial charge in [-0.05, 0) is 44.0 Å². The molecule has 0 unspecified atom stereocenters. The molecule has 0 fully saturated rings. The highest BCUT2D eigenvalue weighted by molar-refractivity contribution is 9.10. The van der Waals surface area contributed by atoms with Gasteiger partial charge in [-0.15, -0.1) is 0 Å². The Balaban J connectivity index is 2.99. The molecule has 0 spiro atoms. The van der Waals surface area contributed by atoms with E-state index in [2.05, 4.69) is 72.0 Å². The van der Waals surface area contributed by atoms with Gasteiger partial charge in [0.05, 0.1) is 0 Å². The molecular weight excluding hydrogens is 316 g/mol. The minimum atomic E-state index is 0.235. The molecule has 1 aromatic rings. The van der Waals surface area contributed by atoms with Crippen molar-refractivity contribution >= 4 is 21.6 Å². The van der Waals surface area contributed by atoms with Crippen molar-refractivity contribution in [3.05, 3.63) is 28.2 Å². The minimum Gasteiger partial charge on any atom is -0.396 e. The van der Waals surface area contributed by atoms with Gasteiger partial charge in [-0.25, -0.2) is 0 Å². The van der Waals surface area contributed by atoms with Crippen molar-refractivity contribution in [2.45, 2.75) is 52.7 Å². The number of aliphatic hydroxyl groups is 1. The van der Waals surface area contributed by atoms with E-state index in [0.29, 0.717) is 12.1 Å². The number of aliphatic hydroxyl groups excluding tert-OH is 1. The predicted molar refractivity (Wildman–Crippen MR) is 90.3 cm³/mol. The fourth-order valence-corrected chi connectivity index (χ4v) is 2.60. The number of anilines is 1. The van der Waals surface area contributed by atoms with E-state index in [4.69, 9.17) is 5.11 Å². The molecule has 0 aliphatic heterocycles. The topological polar surface area (TPSA) is 35.5 Å². The number of nitrogens with one attached hydrogen (secondary N) is 1. The number of benzene rings is 1. The van der Waals surface area contributed by atoms with E-state index in [1.165, 1.54) is 11.3 Å². The lowest BCUT2D eigenvalue weighted by molar-refractivity contribution is 0.288. The molecule has 0 aliphatic rings. The van der Waals surface area contributed by atoms with Crippen molar-refractivity contribution in [2.75, 3.05) is 18.1 Å². The summed E-state index contributed by atoms with van der Waals surface area (Å²) in [4.78, 5) is 2.36. The Labute approximate surface area is 131 Å². The van der Waals surface area contributed by atoms with Gasteiger partial charge in [-0.1, -0.05) is 29.8 Å². The van der Waals surface area contributed by atoms with Crippen LogP contribution in [0.3, 0.4) is 0 Å². The summed E-state index contributed by atoms with van der Waals surface area (Å²) in [6.07, 6.45) is 0.797. The quantitative estimate of drug-likeness (QED) is 0.758. The number of rotatable bonds is 8. The van der Waals surface area contributed by atoms with E-state index in [1.54, 1.807) is 0 Å². The van der Waals surface area contributed by atoms with Crippen molar-refractivity contribution in [1.29, 1.82) is 0 Å². The maximum absolute atomic E-state index is 9.09. The average molecular weight is 343 g/mol. The SMILES string of the molecule is CC(C)NCc1cc(Br)ccc1N(CCCO)C(C)C. The standard InChI is InChI=1S/C16H27BrN2O/c1-12(2)18-11-14-10-15(17)6-7-16(14)19(13(3)4)8-5-9-20/h6-7,10,12-13,18,20H,5,8-9,11H2,1-4H3. The summed E-state index contributed by atoms with van der Waals surface area (Å²) >= 11 is 3.56. The molecule has 4 heteroatoms. The van der Waals surface area contributed by atoms with Crippen LogP contribution in [0.25, 0.3) is 0 Å². The van der Waals surface area contributed by atoms with Crippen LogP contribution in [0.2, 0.25) is 0 Å². The summed E-state index contributed by atoms with van der Waals surface area (Å²) < 4.78 is 1.10. The summed E-state index contributed by atoms with van der Waals surface area (Å²) in [5.41, 5.74) is 2.55. The Bertz CT molecular complexity index is 407. The number of nitrogens with zero attached hydrogens (tertiary/aromatic N) is 1. The fourth-order valence-electron chi connectivity index (χ4n) is 2.19. The van der Waals surface area contributed by atoms with Crippen LogP contribution < -0.4 is 10.2 Å². The van der Waals surface area contributed by atoms with E-state index in [9.17, 15) is 0 Å². The van der Waals surface area contributed by atoms with E-state index >= 15 is 0 Å². The minimum absolute atomic E-state index is 0.235. The Hall–Kier alpha value is -0.580. The zero-order valence-electron chi connectivity index (χ0n) is 13.0. The monoisotopic (exact) mass is 342 g/mol. The van der Waals surface area contributed by atoms with Crippen LogP contribution in [0.4, 0.5) is 5.69 Å². The van der Waals surface area contributed by atoms with Gasteiger partial charge < -0.3 is 15.3 Å². The Morgan fingerprint density at radius 1 is 1.25 bits per heavy atom.